The van der Waals surface area contributed by atoms with Gasteiger partial charge in [0.05, 0.1) is 0 Å². The van der Waals surface area contributed by atoms with Crippen LogP contribution in [0.1, 0.15) is 59.3 Å². The Morgan fingerprint density at radius 3 is 2.53 bits per heavy atom. The molecule has 0 aliphatic heterocycles. The molecule has 0 radical (unpaired) electrons. The molecule has 0 heterocycles. The van der Waals surface area contributed by atoms with Crippen molar-refractivity contribution in [2.45, 2.75) is 59.3 Å². The van der Waals surface area contributed by atoms with E-state index in [1.54, 1.807) is 11.1 Å². The van der Waals surface area contributed by atoms with Gasteiger partial charge in [-0.15, -0.1) is 0 Å². The van der Waals surface area contributed by atoms with Crippen LogP contribution in [0.4, 0.5) is 0 Å². The molecule has 0 nitrogen and oxygen atoms in total. The van der Waals surface area contributed by atoms with Gasteiger partial charge in [0.1, 0.15) is 0 Å². The van der Waals surface area contributed by atoms with E-state index in [1.807, 2.05) is 0 Å². The molecule has 0 fully saturated rings. The second kappa shape index (κ2) is 6.66. The highest BCUT2D eigenvalue weighted by Crippen LogP contribution is 2.25. The summed E-state index contributed by atoms with van der Waals surface area (Å²) < 4.78 is 0. The van der Waals surface area contributed by atoms with E-state index in [2.05, 4.69) is 39.0 Å². The fourth-order valence-corrected chi connectivity index (χ4v) is 2.19. The van der Waals surface area contributed by atoms with Crippen molar-refractivity contribution in [1.82, 2.24) is 0 Å². The summed E-state index contributed by atoms with van der Waals surface area (Å²) in [6.07, 6.45) is 14.4. The van der Waals surface area contributed by atoms with E-state index in [4.69, 9.17) is 0 Å². The third-order valence-corrected chi connectivity index (χ3v) is 3.10. The van der Waals surface area contributed by atoms with Crippen LogP contribution in [0.3, 0.4) is 0 Å². The van der Waals surface area contributed by atoms with Crippen LogP contribution in [0.2, 0.25) is 0 Å². The van der Waals surface area contributed by atoms with E-state index in [0.717, 1.165) is 6.42 Å². The number of allylic oxidation sites excluding steroid dienone is 6. The van der Waals surface area contributed by atoms with E-state index in [-0.39, 0.29) is 0 Å². The summed E-state index contributed by atoms with van der Waals surface area (Å²) in [7, 11) is 0. The summed E-state index contributed by atoms with van der Waals surface area (Å²) in [5, 5.41) is 0. The average molecular weight is 204 g/mol. The van der Waals surface area contributed by atoms with E-state index in [0.29, 0.717) is 0 Å². The maximum absolute atomic E-state index is 2.42. The number of rotatable bonds is 4. The van der Waals surface area contributed by atoms with Gasteiger partial charge in [0.2, 0.25) is 0 Å². The molecule has 1 aliphatic carbocycles. The van der Waals surface area contributed by atoms with Crippen LogP contribution in [0, 0.1) is 0 Å². The van der Waals surface area contributed by atoms with Gasteiger partial charge in [-0.05, 0) is 43.3 Å². The molecule has 0 atom stereocenters. The lowest BCUT2D eigenvalue weighted by Crippen LogP contribution is -1.93. The fraction of sp³-hybridized carbons (Fsp3) is 0.600. The van der Waals surface area contributed by atoms with Crippen LogP contribution >= 0.6 is 0 Å². The molecule has 15 heavy (non-hydrogen) atoms. The zero-order valence-corrected chi connectivity index (χ0v) is 10.5. The molecule has 1 rings (SSSR count). The Morgan fingerprint density at radius 2 is 1.93 bits per heavy atom. The minimum absolute atomic E-state index is 1.15. The largest absolute Gasteiger partial charge is 0.0839 e. The summed E-state index contributed by atoms with van der Waals surface area (Å²) in [5.41, 5.74) is 4.77. The highest BCUT2D eigenvalue weighted by molar-refractivity contribution is 5.35. The first-order valence-electron chi connectivity index (χ1n) is 6.39. The minimum atomic E-state index is 1.15. The van der Waals surface area contributed by atoms with Crippen LogP contribution < -0.4 is 0 Å². The molecular weight excluding hydrogens is 180 g/mol. The maximum atomic E-state index is 2.42. The van der Waals surface area contributed by atoms with Gasteiger partial charge in [-0.1, -0.05) is 51.0 Å². The van der Waals surface area contributed by atoms with Crippen molar-refractivity contribution in [2.75, 3.05) is 0 Å². The van der Waals surface area contributed by atoms with Crippen molar-refractivity contribution in [3.8, 4) is 0 Å². The van der Waals surface area contributed by atoms with E-state index in [9.17, 15) is 0 Å². The fourth-order valence-electron chi connectivity index (χ4n) is 2.19. The molecule has 0 spiro atoms. The van der Waals surface area contributed by atoms with Gasteiger partial charge < -0.3 is 0 Å². The molecular formula is C15H24. The average Bonchev–Trinajstić information content (AvgIpc) is 2.23. The molecule has 0 heteroatoms. The Labute approximate surface area is 94.8 Å². The van der Waals surface area contributed by atoms with Crippen LogP contribution in [0.25, 0.3) is 0 Å². The van der Waals surface area contributed by atoms with Crippen LogP contribution in [0.5, 0.6) is 0 Å². The van der Waals surface area contributed by atoms with Crippen molar-refractivity contribution < 1.29 is 0 Å². The molecule has 0 saturated carbocycles. The minimum Gasteiger partial charge on any atom is -0.0839 e. The maximum Gasteiger partial charge on any atom is -0.0280 e. The first kappa shape index (κ1) is 12.3. The molecule has 0 bridgehead atoms. The normalized spacial score (nSPS) is 25.7. The summed E-state index contributed by atoms with van der Waals surface area (Å²) in [6, 6.07) is 0. The van der Waals surface area contributed by atoms with Crippen molar-refractivity contribution in [1.29, 1.82) is 0 Å². The predicted molar refractivity (Wildman–Crippen MR) is 69.0 cm³/mol. The molecule has 0 aromatic carbocycles. The van der Waals surface area contributed by atoms with Gasteiger partial charge in [-0.2, -0.15) is 0 Å². The molecule has 0 aromatic rings. The van der Waals surface area contributed by atoms with Crippen molar-refractivity contribution in [2.24, 2.45) is 0 Å². The molecule has 0 saturated heterocycles. The van der Waals surface area contributed by atoms with Crippen LogP contribution in [0.15, 0.2) is 34.9 Å². The highest BCUT2D eigenvalue weighted by Gasteiger charge is 2.05. The zero-order chi connectivity index (χ0) is 11.1. The van der Waals surface area contributed by atoms with Gasteiger partial charge in [0.15, 0.2) is 0 Å². The monoisotopic (exact) mass is 204 g/mol. The third-order valence-electron chi connectivity index (χ3n) is 3.10. The third kappa shape index (κ3) is 3.70. The quantitative estimate of drug-likeness (QED) is 0.592. The van der Waals surface area contributed by atoms with Crippen LogP contribution in [-0.2, 0) is 0 Å². The summed E-state index contributed by atoms with van der Waals surface area (Å²) in [6.45, 7) is 6.80. The Hall–Kier alpha value is -0.780. The van der Waals surface area contributed by atoms with Crippen LogP contribution in [-0.4, -0.2) is 0 Å². The molecule has 0 unspecified atom stereocenters. The topological polar surface area (TPSA) is 0 Å². The van der Waals surface area contributed by atoms with Gasteiger partial charge >= 0.3 is 0 Å². The molecule has 84 valence electrons. The number of hydrogen-bond acceptors (Lipinski definition) is 0. The van der Waals surface area contributed by atoms with Gasteiger partial charge in [0, 0.05) is 0 Å². The molecule has 0 aromatic heterocycles. The second-order valence-corrected chi connectivity index (χ2v) is 4.25. The second-order valence-electron chi connectivity index (χ2n) is 4.25. The summed E-state index contributed by atoms with van der Waals surface area (Å²) in [5.74, 6) is 0. The molecule has 0 amide bonds. The Balaban J connectivity index is 2.96. The molecule has 0 N–H and O–H groups in total. The summed E-state index contributed by atoms with van der Waals surface area (Å²) in [4.78, 5) is 0. The van der Waals surface area contributed by atoms with E-state index < -0.39 is 0 Å². The Bertz CT molecular complexity index is 276. The predicted octanol–water partition coefficient (Wildman–Crippen LogP) is 5.18. The van der Waals surface area contributed by atoms with Crippen molar-refractivity contribution in [3.05, 3.63) is 34.9 Å². The lowest BCUT2D eigenvalue weighted by molar-refractivity contribution is 0.804. The summed E-state index contributed by atoms with van der Waals surface area (Å²) >= 11 is 0. The Kier molecular flexibility index (Phi) is 5.45. The SMILES string of the molecule is CCC/C1=C(CC)/C=C(/CC)C=CCC1. The van der Waals surface area contributed by atoms with Gasteiger partial charge in [-0.25, -0.2) is 0 Å². The smallest absolute Gasteiger partial charge is 0.0280 e. The van der Waals surface area contributed by atoms with E-state index in [1.165, 1.54) is 37.7 Å². The standard InChI is InChI=1S/C15H24/c1-4-9-15-11-8-7-10-13(5-2)12-14(15)6-3/h7,10,12H,4-6,8-9,11H2,1-3H3/b10-7?,13-12-,15-14-. The first-order chi connectivity index (χ1) is 7.31. The van der Waals surface area contributed by atoms with Crippen molar-refractivity contribution >= 4 is 0 Å². The van der Waals surface area contributed by atoms with E-state index >= 15 is 0 Å². The first-order valence-corrected chi connectivity index (χ1v) is 6.39. The highest BCUT2D eigenvalue weighted by atomic mass is 14.1. The number of hydrogen-bond donors (Lipinski definition) is 0. The van der Waals surface area contributed by atoms with Gasteiger partial charge in [-0.3, -0.25) is 0 Å². The zero-order valence-electron chi connectivity index (χ0n) is 10.5. The molecule has 1 aliphatic rings. The van der Waals surface area contributed by atoms with Gasteiger partial charge in [0.25, 0.3) is 0 Å². The lowest BCUT2D eigenvalue weighted by Gasteiger charge is -2.13. The van der Waals surface area contributed by atoms with Crippen molar-refractivity contribution in [3.63, 3.8) is 0 Å². The lowest BCUT2D eigenvalue weighted by atomic mass is 9.93. The Morgan fingerprint density at radius 1 is 1.13 bits per heavy atom.